The van der Waals surface area contributed by atoms with Gasteiger partial charge in [0.25, 0.3) is 0 Å². The number of amides is 1. The van der Waals surface area contributed by atoms with Gasteiger partial charge in [-0.05, 0) is 49.5 Å². The lowest BCUT2D eigenvalue weighted by atomic mass is 9.86. The molecular formula is C26H35N5OS. The van der Waals surface area contributed by atoms with Gasteiger partial charge in [0.2, 0.25) is 5.91 Å². The molecule has 2 fully saturated rings. The molecule has 1 atom stereocenters. The van der Waals surface area contributed by atoms with Crippen LogP contribution in [0.15, 0.2) is 29.4 Å². The van der Waals surface area contributed by atoms with E-state index in [2.05, 4.69) is 71.2 Å². The Bertz CT molecular complexity index is 1020. The minimum atomic E-state index is -0.769. The summed E-state index contributed by atoms with van der Waals surface area (Å²) in [6, 6.07) is 11.3. The number of thioether (sulfide) groups is 1. The van der Waals surface area contributed by atoms with Gasteiger partial charge in [0.05, 0.1) is 11.8 Å². The number of aromatic nitrogens is 3. The predicted molar refractivity (Wildman–Crippen MR) is 132 cm³/mol. The molecule has 0 radical (unpaired) electrons. The fourth-order valence-electron chi connectivity index (χ4n) is 4.70. The van der Waals surface area contributed by atoms with Crippen LogP contribution in [-0.4, -0.2) is 32.0 Å². The third kappa shape index (κ3) is 5.43. The Labute approximate surface area is 201 Å². The smallest absolute Gasteiger partial charge is 0.231 e. The molecule has 2 aromatic rings. The first-order chi connectivity index (χ1) is 15.7. The van der Waals surface area contributed by atoms with Crippen molar-refractivity contribution in [1.82, 2.24) is 20.1 Å². The molecule has 0 aliphatic heterocycles. The average Bonchev–Trinajstić information content (AvgIpc) is 3.58. The maximum Gasteiger partial charge on any atom is 0.231 e. The molecule has 6 nitrogen and oxygen atoms in total. The molecule has 7 heteroatoms. The van der Waals surface area contributed by atoms with Gasteiger partial charge in [-0.3, -0.25) is 9.36 Å². The van der Waals surface area contributed by atoms with Crippen molar-refractivity contribution in [2.75, 3.05) is 5.75 Å². The second kappa shape index (κ2) is 9.50. The van der Waals surface area contributed by atoms with Crippen molar-refractivity contribution in [3.63, 3.8) is 0 Å². The number of nitriles is 1. The van der Waals surface area contributed by atoms with E-state index >= 15 is 0 Å². The van der Waals surface area contributed by atoms with E-state index in [-0.39, 0.29) is 23.0 Å². The van der Waals surface area contributed by atoms with E-state index in [1.165, 1.54) is 36.6 Å². The zero-order valence-electron chi connectivity index (χ0n) is 20.2. The van der Waals surface area contributed by atoms with Crippen LogP contribution in [0.1, 0.15) is 84.2 Å². The molecule has 1 amide bonds. The first kappa shape index (κ1) is 23.8. The van der Waals surface area contributed by atoms with Gasteiger partial charge in [-0.25, -0.2) is 0 Å². The maximum absolute atomic E-state index is 12.7. The summed E-state index contributed by atoms with van der Waals surface area (Å²) in [6.07, 6.45) is 7.91. The van der Waals surface area contributed by atoms with Crippen molar-refractivity contribution in [3.8, 4) is 17.5 Å². The van der Waals surface area contributed by atoms with E-state index in [4.69, 9.17) is 0 Å². The molecule has 176 valence electrons. The lowest BCUT2D eigenvalue weighted by Gasteiger charge is -2.26. The Morgan fingerprint density at radius 3 is 2.33 bits per heavy atom. The Hall–Kier alpha value is -2.33. The van der Waals surface area contributed by atoms with Crippen molar-refractivity contribution >= 4 is 17.7 Å². The van der Waals surface area contributed by atoms with Crippen LogP contribution >= 0.6 is 11.8 Å². The number of hydrogen-bond donors (Lipinski definition) is 1. The van der Waals surface area contributed by atoms with E-state index in [0.717, 1.165) is 42.2 Å². The van der Waals surface area contributed by atoms with E-state index < -0.39 is 5.54 Å². The molecule has 1 unspecified atom stereocenters. The van der Waals surface area contributed by atoms with Crippen LogP contribution in [0, 0.1) is 17.2 Å². The largest absolute Gasteiger partial charge is 0.337 e. The number of hydrogen-bond acceptors (Lipinski definition) is 5. The topological polar surface area (TPSA) is 83.6 Å². The van der Waals surface area contributed by atoms with Crippen molar-refractivity contribution < 1.29 is 4.79 Å². The molecule has 0 bridgehead atoms. The Kier molecular flexibility index (Phi) is 6.86. The quantitative estimate of drug-likeness (QED) is 0.534. The van der Waals surface area contributed by atoms with E-state index in [0.29, 0.717) is 6.04 Å². The molecule has 0 spiro atoms. The third-order valence-electron chi connectivity index (χ3n) is 6.97. The van der Waals surface area contributed by atoms with Gasteiger partial charge in [0.15, 0.2) is 11.0 Å². The second-order valence-electron chi connectivity index (χ2n) is 10.7. The highest BCUT2D eigenvalue weighted by Gasteiger charge is 2.43. The first-order valence-electron chi connectivity index (χ1n) is 12.1. The zero-order valence-corrected chi connectivity index (χ0v) is 21.0. The highest BCUT2D eigenvalue weighted by Crippen LogP contribution is 2.39. The van der Waals surface area contributed by atoms with Crippen molar-refractivity contribution in [2.24, 2.45) is 5.92 Å². The molecule has 1 heterocycles. The minimum Gasteiger partial charge on any atom is -0.337 e. The molecule has 2 aliphatic rings. The van der Waals surface area contributed by atoms with Gasteiger partial charge in [0.1, 0.15) is 5.54 Å². The molecule has 33 heavy (non-hydrogen) atoms. The lowest BCUT2D eigenvalue weighted by Crippen LogP contribution is -2.47. The van der Waals surface area contributed by atoms with Crippen LogP contribution in [0.4, 0.5) is 0 Å². The molecule has 2 saturated carbocycles. The standard InChI is InChI=1S/C26H35N5OS/c1-25(2,3)19-12-10-18(11-13-19)23-29-30-24(31(23)21-8-6-5-7-9-21)33-16-22(32)28-26(4,17-27)20-14-15-20/h10-13,20-21H,5-9,14-16H2,1-4H3,(H,28,32). The van der Waals surface area contributed by atoms with Crippen LogP contribution in [0.5, 0.6) is 0 Å². The lowest BCUT2D eigenvalue weighted by molar-refractivity contribution is -0.119. The van der Waals surface area contributed by atoms with Gasteiger partial charge in [-0.15, -0.1) is 10.2 Å². The molecule has 1 aromatic heterocycles. The van der Waals surface area contributed by atoms with Gasteiger partial charge in [-0.1, -0.05) is 76.1 Å². The molecule has 1 N–H and O–H groups in total. The Balaban J connectivity index is 1.55. The fourth-order valence-corrected chi connectivity index (χ4v) is 5.50. The molecule has 0 saturated heterocycles. The fraction of sp³-hybridized carbons (Fsp3) is 0.615. The average molecular weight is 466 g/mol. The van der Waals surface area contributed by atoms with Gasteiger partial charge in [-0.2, -0.15) is 5.26 Å². The van der Waals surface area contributed by atoms with E-state index in [1.54, 1.807) is 0 Å². The first-order valence-corrected chi connectivity index (χ1v) is 13.1. The number of nitrogens with one attached hydrogen (secondary N) is 1. The number of benzene rings is 1. The van der Waals surface area contributed by atoms with Crippen molar-refractivity contribution in [3.05, 3.63) is 29.8 Å². The van der Waals surface area contributed by atoms with Crippen LogP contribution in [0.2, 0.25) is 0 Å². The second-order valence-corrected chi connectivity index (χ2v) is 11.7. The number of carbonyl (C=O) groups is 1. The van der Waals surface area contributed by atoms with Crippen LogP contribution in [0.25, 0.3) is 11.4 Å². The summed E-state index contributed by atoms with van der Waals surface area (Å²) in [4.78, 5) is 12.7. The highest BCUT2D eigenvalue weighted by atomic mass is 32.2. The van der Waals surface area contributed by atoms with E-state index in [9.17, 15) is 10.1 Å². The summed E-state index contributed by atoms with van der Waals surface area (Å²) in [5, 5.41) is 22.4. The van der Waals surface area contributed by atoms with E-state index in [1.807, 2.05) is 6.92 Å². The molecule has 2 aliphatic carbocycles. The summed E-state index contributed by atoms with van der Waals surface area (Å²) >= 11 is 1.42. The maximum atomic E-state index is 12.7. The third-order valence-corrected chi connectivity index (χ3v) is 7.91. The summed E-state index contributed by atoms with van der Waals surface area (Å²) < 4.78 is 2.26. The van der Waals surface area contributed by atoms with Gasteiger partial charge < -0.3 is 5.32 Å². The number of carbonyl (C=O) groups excluding carboxylic acids is 1. The van der Waals surface area contributed by atoms with Crippen molar-refractivity contribution in [2.45, 2.75) is 94.8 Å². The minimum absolute atomic E-state index is 0.0995. The van der Waals surface area contributed by atoms with Crippen LogP contribution < -0.4 is 5.32 Å². The Morgan fingerprint density at radius 2 is 1.76 bits per heavy atom. The number of nitrogens with zero attached hydrogens (tertiary/aromatic N) is 4. The van der Waals surface area contributed by atoms with Crippen LogP contribution in [0.3, 0.4) is 0 Å². The Morgan fingerprint density at radius 1 is 1.09 bits per heavy atom. The molecule has 1 aromatic carbocycles. The normalized spacial score (nSPS) is 19.0. The van der Waals surface area contributed by atoms with Gasteiger partial charge >= 0.3 is 0 Å². The molecular weight excluding hydrogens is 430 g/mol. The van der Waals surface area contributed by atoms with Gasteiger partial charge in [0, 0.05) is 11.6 Å². The summed E-state index contributed by atoms with van der Waals surface area (Å²) in [5.74, 6) is 1.26. The van der Waals surface area contributed by atoms with Crippen LogP contribution in [-0.2, 0) is 10.2 Å². The zero-order chi connectivity index (χ0) is 23.6. The monoisotopic (exact) mass is 465 g/mol. The summed E-state index contributed by atoms with van der Waals surface area (Å²) in [6.45, 7) is 8.48. The summed E-state index contributed by atoms with van der Waals surface area (Å²) in [5.41, 5.74) is 1.68. The SMILES string of the molecule is CC(C)(C)c1ccc(-c2nnc(SCC(=O)NC(C)(C#N)C3CC3)n2C2CCCCC2)cc1. The highest BCUT2D eigenvalue weighted by molar-refractivity contribution is 7.99. The molecule has 4 rings (SSSR count). The summed E-state index contributed by atoms with van der Waals surface area (Å²) in [7, 11) is 0. The predicted octanol–water partition coefficient (Wildman–Crippen LogP) is 5.65. The van der Waals surface area contributed by atoms with Crippen molar-refractivity contribution in [1.29, 1.82) is 5.26 Å². The number of rotatable bonds is 7.